The summed E-state index contributed by atoms with van der Waals surface area (Å²) in [5.74, 6) is 9.83. The molecule has 0 amide bonds. The average Bonchev–Trinajstić information content (AvgIpc) is 2.92. The third kappa shape index (κ3) is 4.00. The van der Waals surface area contributed by atoms with E-state index in [9.17, 15) is 0 Å². The molecule has 2 aromatic carbocycles. The SMILES string of the molecule is CC(C)c1c[c]([Ge]([CH3])([CH3])[CH3])cc(C(C)C)c1-n1c(C(C)(C)C)[n+](C)c2ccccc21. The molecule has 0 unspecified atom stereocenters. The second-order valence-corrected chi connectivity index (χ2v) is 22.2. The minimum atomic E-state index is -1.97. The van der Waals surface area contributed by atoms with E-state index in [1.165, 1.54) is 33.7 Å². The number of aryl methyl sites for hydroxylation is 1. The van der Waals surface area contributed by atoms with E-state index in [0.29, 0.717) is 11.8 Å². The summed E-state index contributed by atoms with van der Waals surface area (Å²) >= 11 is -1.97. The van der Waals surface area contributed by atoms with Crippen molar-refractivity contribution in [3.63, 3.8) is 0 Å². The van der Waals surface area contributed by atoms with E-state index in [0.717, 1.165) is 0 Å². The normalized spacial score (nSPS) is 13.1. The number of rotatable bonds is 4. The number of benzene rings is 2. The van der Waals surface area contributed by atoms with Crippen LogP contribution in [0, 0.1) is 0 Å². The molecule has 1 aromatic heterocycles. The van der Waals surface area contributed by atoms with Crippen LogP contribution in [0.15, 0.2) is 36.4 Å². The molecule has 162 valence electrons. The van der Waals surface area contributed by atoms with Crippen LogP contribution in [0.5, 0.6) is 0 Å². The number of nitrogens with zero attached hydrogens (tertiary/aromatic N) is 2. The molecule has 0 aliphatic carbocycles. The van der Waals surface area contributed by atoms with Crippen molar-refractivity contribution in [2.75, 3.05) is 0 Å². The Morgan fingerprint density at radius 3 is 1.80 bits per heavy atom. The second-order valence-electron chi connectivity index (χ2n) is 11.5. The summed E-state index contributed by atoms with van der Waals surface area (Å²) < 4.78 is 6.60. The number of imidazole rings is 1. The van der Waals surface area contributed by atoms with Crippen LogP contribution in [0.25, 0.3) is 16.7 Å². The van der Waals surface area contributed by atoms with Gasteiger partial charge in [-0.1, -0.05) is 0 Å². The molecule has 0 fully saturated rings. The Bertz CT molecular complexity index is 1040. The van der Waals surface area contributed by atoms with Gasteiger partial charge in [0.15, 0.2) is 0 Å². The van der Waals surface area contributed by atoms with Crippen LogP contribution in [0.3, 0.4) is 0 Å². The summed E-state index contributed by atoms with van der Waals surface area (Å²) in [5, 5.41) is 0. The number of aromatic nitrogens is 2. The van der Waals surface area contributed by atoms with Gasteiger partial charge in [0.2, 0.25) is 0 Å². The molecule has 3 heteroatoms. The molecule has 0 atom stereocenters. The number of hydrogen-bond donors (Lipinski definition) is 0. The maximum atomic E-state index is 2.58. The van der Waals surface area contributed by atoms with E-state index >= 15 is 0 Å². The van der Waals surface area contributed by atoms with Crippen LogP contribution >= 0.6 is 0 Å². The van der Waals surface area contributed by atoms with E-state index in [1.54, 1.807) is 4.40 Å². The molecule has 0 saturated carbocycles. The Hall–Kier alpha value is -1.55. The third-order valence-electron chi connectivity index (χ3n) is 6.19. The number of para-hydroxylation sites is 2. The van der Waals surface area contributed by atoms with Crippen LogP contribution in [0.4, 0.5) is 0 Å². The molecule has 0 spiro atoms. The van der Waals surface area contributed by atoms with Crippen molar-refractivity contribution in [3.05, 3.63) is 53.3 Å². The van der Waals surface area contributed by atoms with Gasteiger partial charge < -0.3 is 0 Å². The van der Waals surface area contributed by atoms with Gasteiger partial charge in [-0.05, 0) is 0 Å². The minimum absolute atomic E-state index is 0.0246. The summed E-state index contributed by atoms with van der Waals surface area (Å²) in [6.07, 6.45) is 0. The Kier molecular flexibility index (Phi) is 6.05. The van der Waals surface area contributed by atoms with Crippen LogP contribution in [0.2, 0.25) is 17.3 Å². The predicted octanol–water partition coefficient (Wildman–Crippen LogP) is 6.54. The molecule has 0 aliphatic rings. The molecule has 3 aromatic rings. The van der Waals surface area contributed by atoms with Crippen LogP contribution in [0.1, 0.15) is 77.3 Å². The van der Waals surface area contributed by atoms with Gasteiger partial charge >= 0.3 is 187 Å². The second kappa shape index (κ2) is 7.86. The molecule has 0 saturated heterocycles. The Morgan fingerprint density at radius 2 is 1.37 bits per heavy atom. The van der Waals surface area contributed by atoms with E-state index in [2.05, 4.69) is 118 Å². The van der Waals surface area contributed by atoms with E-state index in [4.69, 9.17) is 0 Å². The molecular weight excluding hydrogens is 425 g/mol. The van der Waals surface area contributed by atoms with Gasteiger partial charge in [-0.2, -0.15) is 0 Å². The fourth-order valence-electron chi connectivity index (χ4n) is 4.63. The van der Waals surface area contributed by atoms with Gasteiger partial charge in [0, 0.05) is 0 Å². The van der Waals surface area contributed by atoms with Gasteiger partial charge in [0.1, 0.15) is 0 Å². The van der Waals surface area contributed by atoms with Gasteiger partial charge in [0.25, 0.3) is 0 Å². The quantitative estimate of drug-likeness (QED) is 0.305. The van der Waals surface area contributed by atoms with Crippen molar-refractivity contribution in [2.45, 2.75) is 83.0 Å². The molecule has 0 aliphatic heterocycles. The van der Waals surface area contributed by atoms with Crippen LogP contribution < -0.4 is 8.96 Å². The van der Waals surface area contributed by atoms with Crippen molar-refractivity contribution in [2.24, 2.45) is 7.05 Å². The van der Waals surface area contributed by atoms with Crippen molar-refractivity contribution >= 4 is 28.7 Å². The monoisotopic (exact) mass is 467 g/mol. The fourth-order valence-corrected chi connectivity index (χ4v) is 7.10. The molecule has 0 radical (unpaired) electrons. The summed E-state index contributed by atoms with van der Waals surface area (Å²) in [6.45, 7) is 16.4. The van der Waals surface area contributed by atoms with E-state index < -0.39 is 13.3 Å². The first-order valence-corrected chi connectivity index (χ1v) is 18.8. The molecule has 3 rings (SSSR count). The molecule has 0 bridgehead atoms. The summed E-state index contributed by atoms with van der Waals surface area (Å²) in [7, 11) is 2.22. The first-order chi connectivity index (χ1) is 13.7. The van der Waals surface area contributed by atoms with Gasteiger partial charge in [-0.15, -0.1) is 0 Å². The van der Waals surface area contributed by atoms with E-state index in [1.807, 2.05) is 0 Å². The van der Waals surface area contributed by atoms with Gasteiger partial charge in [-0.3, -0.25) is 0 Å². The number of fused-ring (bicyclic) bond motifs is 1. The third-order valence-corrected chi connectivity index (χ3v) is 10.4. The molecule has 0 N–H and O–H groups in total. The molecule has 2 nitrogen and oxygen atoms in total. The first kappa shape index (κ1) is 23.1. The number of hydrogen-bond acceptors (Lipinski definition) is 0. The van der Waals surface area contributed by atoms with Crippen molar-refractivity contribution in [1.29, 1.82) is 0 Å². The fraction of sp³-hybridized carbons (Fsp3) is 0.519. The molecule has 30 heavy (non-hydrogen) atoms. The summed E-state index contributed by atoms with van der Waals surface area (Å²) in [5.41, 5.74) is 7.02. The first-order valence-electron chi connectivity index (χ1n) is 11.4. The van der Waals surface area contributed by atoms with Crippen LogP contribution in [-0.2, 0) is 12.5 Å². The van der Waals surface area contributed by atoms with Crippen molar-refractivity contribution in [1.82, 2.24) is 4.57 Å². The topological polar surface area (TPSA) is 8.81 Å². The molecular formula is C27H41GeN2+. The zero-order valence-corrected chi connectivity index (χ0v) is 23.1. The van der Waals surface area contributed by atoms with Gasteiger partial charge in [0.05, 0.1) is 0 Å². The van der Waals surface area contributed by atoms with Crippen molar-refractivity contribution < 1.29 is 4.57 Å². The zero-order chi connectivity index (χ0) is 22.6. The Balaban J connectivity index is 2.58. The Labute approximate surface area is 186 Å². The zero-order valence-electron chi connectivity index (χ0n) is 21.0. The van der Waals surface area contributed by atoms with E-state index in [-0.39, 0.29) is 5.41 Å². The Morgan fingerprint density at radius 1 is 0.867 bits per heavy atom. The summed E-state index contributed by atoms with van der Waals surface area (Å²) in [6, 6.07) is 14.0. The standard InChI is InChI=1S/C27H41GeN2/c1-18(2)21-16-20(28(8,9)10)17-22(19(3)4)25(21)30-24-15-13-12-14-23(24)29(11)26(30)27(5,6)7/h12-19H,1-11H3/q+1. The maximum absolute atomic E-state index is 2.58. The van der Waals surface area contributed by atoms with Crippen molar-refractivity contribution in [3.8, 4) is 5.69 Å². The predicted molar refractivity (Wildman–Crippen MR) is 134 cm³/mol. The van der Waals surface area contributed by atoms with Gasteiger partial charge in [-0.25, -0.2) is 0 Å². The molecule has 1 heterocycles. The average molecular weight is 466 g/mol. The van der Waals surface area contributed by atoms with Crippen LogP contribution in [-0.4, -0.2) is 17.8 Å². The summed E-state index contributed by atoms with van der Waals surface area (Å²) in [4.78, 5) is 0.